The van der Waals surface area contributed by atoms with Crippen LogP contribution in [0.3, 0.4) is 0 Å². The molecule has 0 saturated heterocycles. The van der Waals surface area contributed by atoms with Gasteiger partial charge in [-0.3, -0.25) is 4.98 Å². The summed E-state index contributed by atoms with van der Waals surface area (Å²) >= 11 is 0. The first kappa shape index (κ1) is 38.1. The van der Waals surface area contributed by atoms with Crippen LogP contribution in [0, 0.1) is 20.3 Å². The molecule has 0 fully saturated rings. The first-order chi connectivity index (χ1) is 21.2. The molecule has 5 rings (SSSR count). The maximum absolute atomic E-state index is 11.5. The van der Waals surface area contributed by atoms with Crippen molar-refractivity contribution in [1.82, 2.24) is 4.98 Å². The second-order valence-electron chi connectivity index (χ2n) is 11.9. The van der Waals surface area contributed by atoms with Crippen LogP contribution in [0.1, 0.15) is 69.6 Å². The van der Waals surface area contributed by atoms with Gasteiger partial charge in [-0.2, -0.15) is 12.8 Å². The minimum Gasteiger partial charge on any atom is -0.504 e. The number of aryl methyl sites for hydroxylation is 2. The molecule has 0 aliphatic heterocycles. The third-order valence-electron chi connectivity index (χ3n) is 7.57. The topological polar surface area (TPSA) is 51.6 Å². The van der Waals surface area contributed by atoms with Crippen LogP contribution < -0.4 is 25.4 Å². The first-order valence-electron chi connectivity index (χ1n) is 15.5. The molecule has 0 unspecified atom stereocenters. The normalized spacial score (nSPS) is 13.4. The van der Waals surface area contributed by atoms with Crippen LogP contribution >= 0.6 is 7.92 Å². The number of phenolic OH excluding ortho intramolecular Hbond substituents is 1. The zero-order valence-corrected chi connectivity index (χ0v) is 29.9. The number of methoxy groups -OCH3 is 2. The van der Waals surface area contributed by atoms with Crippen LogP contribution in [0.15, 0.2) is 97.3 Å². The number of nitrogens with zero attached hydrogens (tertiary/aromatic N) is 1. The van der Waals surface area contributed by atoms with E-state index in [9.17, 15) is 5.11 Å². The molecular weight excluding hydrogens is 620 g/mol. The van der Waals surface area contributed by atoms with Crippen LogP contribution in [0.25, 0.3) is 0 Å². The van der Waals surface area contributed by atoms with Gasteiger partial charge in [-0.05, 0) is 67.1 Å². The van der Waals surface area contributed by atoms with Gasteiger partial charge in [-0.1, -0.05) is 88.2 Å². The molecule has 1 heterocycles. The van der Waals surface area contributed by atoms with Gasteiger partial charge in [0.15, 0.2) is 17.2 Å². The molecule has 6 heteroatoms. The van der Waals surface area contributed by atoms with Gasteiger partial charge in [-0.25, -0.2) is 0 Å². The van der Waals surface area contributed by atoms with Gasteiger partial charge in [0.1, 0.15) is 23.8 Å². The summed E-state index contributed by atoms with van der Waals surface area (Å²) in [6, 6.07) is 24.1. The third kappa shape index (κ3) is 11.0. The van der Waals surface area contributed by atoms with E-state index >= 15 is 0 Å². The zero-order chi connectivity index (χ0) is 32.0. The van der Waals surface area contributed by atoms with Gasteiger partial charge >= 0.3 is 0 Å². The number of allylic oxidation sites excluding steroid dienone is 2. The van der Waals surface area contributed by atoms with E-state index in [1.165, 1.54) is 32.1 Å². The van der Waals surface area contributed by atoms with Gasteiger partial charge in [-0.15, -0.1) is 0 Å². The summed E-state index contributed by atoms with van der Waals surface area (Å²) in [7, 11) is 1.78. The van der Waals surface area contributed by atoms with Gasteiger partial charge in [0.05, 0.1) is 14.2 Å². The summed E-state index contributed by atoms with van der Waals surface area (Å²) in [6.45, 7) is 10.6. The van der Waals surface area contributed by atoms with Crippen molar-refractivity contribution in [3.05, 3.63) is 120 Å². The predicted octanol–water partition coefficient (Wildman–Crippen LogP) is 8.60. The smallest absolute Gasteiger partial charge is 0.162 e. The number of ether oxygens (including phenoxy) is 2. The van der Waals surface area contributed by atoms with Crippen molar-refractivity contribution in [2.24, 2.45) is 0 Å². The molecule has 4 nitrogen and oxygen atoms in total. The fourth-order valence-corrected chi connectivity index (χ4v) is 8.54. The minimum atomic E-state index is -1.63. The molecule has 1 N–H and O–H groups in total. The van der Waals surface area contributed by atoms with Crippen molar-refractivity contribution < 1.29 is 31.1 Å². The molecule has 1 aromatic heterocycles. The number of phenols is 1. The minimum absolute atomic E-state index is 0. The molecule has 0 radical (unpaired) electrons. The van der Waals surface area contributed by atoms with E-state index in [-0.39, 0.29) is 21.9 Å². The Kier molecular flexibility index (Phi) is 16.4. The maximum Gasteiger partial charge on any atom is 0.162 e. The Bertz CT molecular complexity index is 1380. The van der Waals surface area contributed by atoms with Gasteiger partial charge < -0.3 is 21.0 Å². The number of benzene rings is 3. The van der Waals surface area contributed by atoms with Crippen molar-refractivity contribution in [3.63, 3.8) is 0 Å². The largest absolute Gasteiger partial charge is 0.504 e. The van der Waals surface area contributed by atoms with Crippen LogP contribution in [0.5, 0.6) is 17.2 Å². The van der Waals surface area contributed by atoms with E-state index in [1.54, 1.807) is 26.6 Å². The summed E-state index contributed by atoms with van der Waals surface area (Å²) in [5, 5.41) is 14.7. The van der Waals surface area contributed by atoms with Crippen molar-refractivity contribution >= 4 is 23.8 Å². The Hall–Kier alpha value is -3.13. The predicted molar refractivity (Wildman–Crippen MR) is 190 cm³/mol. The van der Waals surface area contributed by atoms with Crippen molar-refractivity contribution in [3.8, 4) is 17.2 Å². The molecule has 0 spiro atoms. The molecule has 0 saturated carbocycles. The Morgan fingerprint density at radius 2 is 1.29 bits per heavy atom. The Morgan fingerprint density at radius 3 is 1.78 bits per heavy atom. The molecule has 0 amide bonds. The average molecular weight is 671 g/mol. The number of aromatic nitrogens is 1. The summed E-state index contributed by atoms with van der Waals surface area (Å²) in [4.78, 5) is 3.78. The number of pyridine rings is 1. The van der Waals surface area contributed by atoms with E-state index in [1.807, 2.05) is 48.5 Å². The Labute approximate surface area is 283 Å². The quantitative estimate of drug-likeness (QED) is 0.100. The van der Waals surface area contributed by atoms with E-state index in [0.717, 1.165) is 44.1 Å². The number of para-hydroxylation sites is 1. The summed E-state index contributed by atoms with van der Waals surface area (Å²) in [5.74, 6) is 2.05. The van der Waals surface area contributed by atoms with Crippen molar-refractivity contribution in [2.75, 3.05) is 14.2 Å². The second-order valence-corrected chi connectivity index (χ2v) is 14.2. The van der Waals surface area contributed by atoms with Gasteiger partial charge in [0.25, 0.3) is 0 Å². The number of hydrogen-bond donors (Lipinski definition) is 1. The summed E-state index contributed by atoms with van der Waals surface area (Å²) in [6.07, 6.45) is 17.0. The molecule has 4 aromatic rings. The molecule has 45 heavy (non-hydrogen) atoms. The Balaban J connectivity index is 0.000000384. The fraction of sp³-hybridized carbons (Fsp3) is 0.333. The van der Waals surface area contributed by atoms with Crippen molar-refractivity contribution in [1.29, 1.82) is 0 Å². The van der Waals surface area contributed by atoms with E-state index in [2.05, 4.69) is 82.4 Å². The molecular formula is C39H50NNiO3P. The standard InChI is InChI=1S/C26H31O3P.C8H13.C5H5N.Ni/c1-17-11-8-14-20(28-6)24(17)30(25-18(2)12-9-15-21(25)29-7)22-16-10-13-19(23(22)27)26(3,4)5;1-2-4-6-8-7-5-3-1;1-2-4-6-5-3-1;/h8-16,27H,1-7H3;1-2,7H,3-6,8H2;1-5H;/q;-1;;/p+1/b;2-1-;;. The number of rotatable bonds is 5. The first-order valence-corrected chi connectivity index (χ1v) is 17.0. The average Bonchev–Trinajstić information content (AvgIpc) is 3.00. The fourth-order valence-electron chi connectivity index (χ4n) is 5.29. The van der Waals surface area contributed by atoms with Gasteiger partial charge in [0, 0.05) is 34.4 Å². The molecule has 3 aromatic carbocycles. The molecule has 0 bridgehead atoms. The molecule has 0 atom stereocenters. The zero-order valence-electron chi connectivity index (χ0n) is 27.9. The summed E-state index contributed by atoms with van der Waals surface area (Å²) < 4.78 is 11.6. The molecule has 1 aliphatic carbocycles. The van der Waals surface area contributed by atoms with Gasteiger partial charge in [0.2, 0.25) is 0 Å². The SMILES string of the molecule is C1=C\CCC[CH-]CC/1.COc1cccc(C)c1[PH+](c1cccc(C(C)(C)C)c1O)c1c(C)cccc1OC.[Ni].c1ccncc1. The number of hydrogen-bond acceptors (Lipinski definition) is 4. The second kappa shape index (κ2) is 19.4. The molecule has 244 valence electrons. The van der Waals surface area contributed by atoms with Crippen molar-refractivity contribution in [2.45, 2.75) is 72.1 Å². The summed E-state index contributed by atoms with van der Waals surface area (Å²) in [5.41, 5.74) is 3.07. The van der Waals surface area contributed by atoms with E-state index in [4.69, 9.17) is 9.47 Å². The molecule has 1 aliphatic rings. The van der Waals surface area contributed by atoms with Crippen LogP contribution in [-0.2, 0) is 21.9 Å². The van der Waals surface area contributed by atoms with Crippen LogP contribution in [0.4, 0.5) is 0 Å². The Morgan fingerprint density at radius 1 is 0.733 bits per heavy atom. The van der Waals surface area contributed by atoms with Crippen LogP contribution in [-0.4, -0.2) is 24.3 Å². The van der Waals surface area contributed by atoms with E-state index < -0.39 is 7.92 Å². The maximum atomic E-state index is 11.5. The van der Waals surface area contributed by atoms with E-state index in [0.29, 0.717) is 5.75 Å². The third-order valence-corrected chi connectivity index (χ3v) is 10.8. The monoisotopic (exact) mass is 669 g/mol. The van der Waals surface area contributed by atoms with Crippen LogP contribution in [0.2, 0.25) is 0 Å². The number of aromatic hydroxyl groups is 1.